The maximum atomic E-state index is 12.6. The topological polar surface area (TPSA) is 49.3 Å². The highest BCUT2D eigenvalue weighted by Crippen LogP contribution is 2.40. The molecule has 4 rings (SSSR count). The van der Waals surface area contributed by atoms with E-state index in [2.05, 4.69) is 20.2 Å². The molecule has 1 unspecified atom stereocenters. The number of hydrogen-bond acceptors (Lipinski definition) is 5. The molecule has 23 heavy (non-hydrogen) atoms. The summed E-state index contributed by atoms with van der Waals surface area (Å²) in [5.41, 5.74) is 1.86. The lowest BCUT2D eigenvalue weighted by molar-refractivity contribution is -0.0140. The molecule has 0 aliphatic carbocycles. The lowest BCUT2D eigenvalue weighted by atomic mass is 9.83. The quantitative estimate of drug-likeness (QED) is 0.868. The molecule has 2 aromatic rings. The van der Waals surface area contributed by atoms with Crippen molar-refractivity contribution in [3.63, 3.8) is 0 Å². The van der Waals surface area contributed by atoms with Gasteiger partial charge in [0, 0.05) is 43.3 Å². The molecule has 0 N–H and O–H groups in total. The predicted octanol–water partition coefficient (Wildman–Crippen LogP) is 2.34. The summed E-state index contributed by atoms with van der Waals surface area (Å²) in [4.78, 5) is 25.8. The van der Waals surface area contributed by atoms with Crippen molar-refractivity contribution in [1.82, 2.24) is 19.8 Å². The Morgan fingerprint density at radius 1 is 1.35 bits per heavy atom. The van der Waals surface area contributed by atoms with E-state index in [-0.39, 0.29) is 11.4 Å². The number of likely N-dealkylation sites (tertiary alicyclic amines) is 2. The van der Waals surface area contributed by atoms with Crippen LogP contribution in [-0.4, -0.2) is 50.8 Å². The Hall–Kier alpha value is -1.79. The van der Waals surface area contributed by atoms with Gasteiger partial charge in [-0.1, -0.05) is 6.07 Å². The van der Waals surface area contributed by atoms with Crippen molar-refractivity contribution in [2.75, 3.05) is 19.6 Å². The summed E-state index contributed by atoms with van der Waals surface area (Å²) in [5.74, 6) is 0.0545. The number of nitrogens with zero attached hydrogens (tertiary/aromatic N) is 4. The van der Waals surface area contributed by atoms with Gasteiger partial charge in [0.15, 0.2) is 0 Å². The fourth-order valence-corrected chi connectivity index (χ4v) is 4.26. The van der Waals surface area contributed by atoms with Crippen LogP contribution in [0, 0.1) is 6.92 Å². The zero-order chi connectivity index (χ0) is 15.9. The molecule has 2 aromatic heterocycles. The van der Waals surface area contributed by atoms with Crippen LogP contribution in [0.1, 0.15) is 34.0 Å². The van der Waals surface area contributed by atoms with Crippen LogP contribution in [0.3, 0.4) is 0 Å². The van der Waals surface area contributed by atoms with E-state index in [1.54, 1.807) is 23.6 Å². The van der Waals surface area contributed by atoms with Gasteiger partial charge in [-0.25, -0.2) is 4.98 Å². The first-order chi connectivity index (χ1) is 11.2. The third-order valence-electron chi connectivity index (χ3n) is 5.04. The van der Waals surface area contributed by atoms with Crippen LogP contribution in [0.15, 0.2) is 29.8 Å². The fraction of sp³-hybridized carbons (Fsp3) is 0.471. The van der Waals surface area contributed by atoms with Gasteiger partial charge in [0.05, 0.1) is 10.7 Å². The van der Waals surface area contributed by atoms with E-state index in [1.807, 2.05) is 24.0 Å². The minimum Gasteiger partial charge on any atom is -0.335 e. The van der Waals surface area contributed by atoms with Gasteiger partial charge in [-0.3, -0.25) is 14.7 Å². The van der Waals surface area contributed by atoms with Crippen molar-refractivity contribution in [1.29, 1.82) is 0 Å². The zero-order valence-electron chi connectivity index (χ0n) is 13.2. The first kappa shape index (κ1) is 14.8. The third-order valence-corrected chi connectivity index (χ3v) is 5.86. The molecule has 0 saturated carbocycles. The molecular weight excluding hydrogens is 308 g/mol. The Bertz CT molecular complexity index is 716. The third kappa shape index (κ3) is 2.66. The minimum absolute atomic E-state index is 0.0545. The van der Waals surface area contributed by atoms with Crippen molar-refractivity contribution < 1.29 is 4.79 Å². The summed E-state index contributed by atoms with van der Waals surface area (Å²) >= 11 is 1.70. The number of rotatable bonds is 3. The van der Waals surface area contributed by atoms with E-state index < -0.39 is 0 Å². The number of aromatic nitrogens is 2. The van der Waals surface area contributed by atoms with E-state index in [4.69, 9.17) is 0 Å². The monoisotopic (exact) mass is 328 g/mol. The molecule has 2 saturated heterocycles. The van der Waals surface area contributed by atoms with E-state index in [0.717, 1.165) is 43.3 Å². The van der Waals surface area contributed by atoms with Gasteiger partial charge in [0.2, 0.25) is 0 Å². The normalized spacial score (nSPS) is 24.1. The van der Waals surface area contributed by atoms with E-state index in [1.165, 1.54) is 6.42 Å². The van der Waals surface area contributed by atoms with Crippen LogP contribution < -0.4 is 0 Å². The van der Waals surface area contributed by atoms with Crippen LogP contribution in [0.4, 0.5) is 0 Å². The smallest absolute Gasteiger partial charge is 0.272 e. The second kappa shape index (κ2) is 5.69. The van der Waals surface area contributed by atoms with E-state index in [0.29, 0.717) is 5.69 Å². The number of thiazole rings is 1. The number of aryl methyl sites for hydroxylation is 1. The Morgan fingerprint density at radius 3 is 2.87 bits per heavy atom. The van der Waals surface area contributed by atoms with Crippen molar-refractivity contribution in [3.8, 4) is 0 Å². The largest absolute Gasteiger partial charge is 0.335 e. The highest BCUT2D eigenvalue weighted by atomic mass is 32.1. The lowest BCUT2D eigenvalue weighted by Crippen LogP contribution is -2.60. The molecule has 0 radical (unpaired) electrons. The van der Waals surface area contributed by atoms with Crippen LogP contribution in [0.2, 0.25) is 0 Å². The molecule has 4 heterocycles. The number of pyridine rings is 1. The van der Waals surface area contributed by atoms with Crippen molar-refractivity contribution in [3.05, 3.63) is 46.2 Å². The molecule has 0 bridgehead atoms. The summed E-state index contributed by atoms with van der Waals surface area (Å²) in [6, 6.07) is 5.50. The lowest BCUT2D eigenvalue weighted by Gasteiger charge is -2.50. The molecule has 1 amide bonds. The van der Waals surface area contributed by atoms with Gasteiger partial charge in [0.1, 0.15) is 5.69 Å². The minimum atomic E-state index is 0.0545. The summed E-state index contributed by atoms with van der Waals surface area (Å²) in [5, 5.41) is 3.26. The Labute approximate surface area is 140 Å². The van der Waals surface area contributed by atoms with Crippen molar-refractivity contribution in [2.24, 2.45) is 0 Å². The van der Waals surface area contributed by atoms with Crippen molar-refractivity contribution >= 4 is 17.2 Å². The molecule has 0 aromatic carbocycles. The summed E-state index contributed by atoms with van der Waals surface area (Å²) in [7, 11) is 0. The zero-order valence-corrected chi connectivity index (χ0v) is 14.1. The van der Waals surface area contributed by atoms with Gasteiger partial charge >= 0.3 is 0 Å². The molecule has 1 spiro atoms. The van der Waals surface area contributed by atoms with Crippen molar-refractivity contribution in [2.45, 2.75) is 31.8 Å². The number of carbonyl (C=O) groups is 1. The maximum absolute atomic E-state index is 12.6. The van der Waals surface area contributed by atoms with Gasteiger partial charge < -0.3 is 4.90 Å². The molecule has 2 fully saturated rings. The summed E-state index contributed by atoms with van der Waals surface area (Å²) in [6.45, 7) is 5.68. The second-order valence-electron chi connectivity index (χ2n) is 6.45. The van der Waals surface area contributed by atoms with Gasteiger partial charge in [0.25, 0.3) is 5.91 Å². The van der Waals surface area contributed by atoms with Crippen LogP contribution >= 0.6 is 11.3 Å². The van der Waals surface area contributed by atoms with Crippen LogP contribution in [0.5, 0.6) is 0 Å². The molecule has 120 valence electrons. The predicted molar refractivity (Wildman–Crippen MR) is 89.4 cm³/mol. The Kier molecular flexibility index (Phi) is 3.66. The maximum Gasteiger partial charge on any atom is 0.272 e. The fourth-order valence-electron chi connectivity index (χ4n) is 3.65. The number of amides is 1. The number of carbonyl (C=O) groups excluding carboxylic acids is 1. The summed E-state index contributed by atoms with van der Waals surface area (Å²) in [6.07, 6.45) is 3.90. The molecule has 2 aliphatic rings. The summed E-state index contributed by atoms with van der Waals surface area (Å²) < 4.78 is 0. The van der Waals surface area contributed by atoms with Gasteiger partial charge in [-0.05, 0) is 31.9 Å². The Balaban J connectivity index is 1.44. The van der Waals surface area contributed by atoms with E-state index in [9.17, 15) is 4.79 Å². The SMILES string of the molecule is Cc1nc(CN2CCC23CCN(C(=O)c2ccccn2)C3)cs1. The standard InChI is InChI=1S/C17H20N4OS/c1-13-19-14(11-23-13)10-21-9-6-17(21)5-8-20(12-17)16(22)15-4-2-3-7-18-15/h2-4,7,11H,5-6,8-10,12H2,1H3. The highest BCUT2D eigenvalue weighted by molar-refractivity contribution is 7.09. The average molecular weight is 328 g/mol. The average Bonchev–Trinajstić information content (AvgIpc) is 3.20. The highest BCUT2D eigenvalue weighted by Gasteiger charge is 2.50. The van der Waals surface area contributed by atoms with Crippen LogP contribution in [0.25, 0.3) is 0 Å². The molecule has 6 heteroatoms. The van der Waals surface area contributed by atoms with E-state index >= 15 is 0 Å². The molecular formula is C17H20N4OS. The first-order valence-electron chi connectivity index (χ1n) is 8.03. The first-order valence-corrected chi connectivity index (χ1v) is 8.91. The van der Waals surface area contributed by atoms with Crippen LogP contribution in [-0.2, 0) is 6.54 Å². The Morgan fingerprint density at radius 2 is 2.22 bits per heavy atom. The number of hydrogen-bond donors (Lipinski definition) is 0. The second-order valence-corrected chi connectivity index (χ2v) is 7.51. The van der Waals surface area contributed by atoms with Gasteiger partial charge in [-0.15, -0.1) is 11.3 Å². The molecule has 2 aliphatic heterocycles. The molecule has 5 nitrogen and oxygen atoms in total. The van der Waals surface area contributed by atoms with Gasteiger partial charge in [-0.2, -0.15) is 0 Å². The molecule has 1 atom stereocenters.